The topological polar surface area (TPSA) is 81.7 Å². The standard InChI is InChI=1S/C12H16BN3O3/c1-6(2)10-12(18)14-8-5-7(11(17)15-19)3-4-9(8)16(10)13/h3-6,10,19H,13H2,1-2H3,(H,14,18)(H,15,17)/t10-/m0/s1. The first-order chi connectivity index (χ1) is 8.95. The molecule has 1 aliphatic heterocycles. The Morgan fingerprint density at radius 1 is 1.53 bits per heavy atom. The molecule has 0 radical (unpaired) electrons. The summed E-state index contributed by atoms with van der Waals surface area (Å²) in [5.74, 6) is -0.518. The fraction of sp³-hybridized carbons (Fsp3) is 0.333. The lowest BCUT2D eigenvalue weighted by molar-refractivity contribution is -0.118. The molecule has 0 fully saturated rings. The van der Waals surface area contributed by atoms with Crippen LogP contribution < -0.4 is 15.6 Å². The predicted octanol–water partition coefficient (Wildman–Crippen LogP) is 0.137. The Morgan fingerprint density at radius 3 is 2.79 bits per heavy atom. The van der Waals surface area contributed by atoms with Gasteiger partial charge >= 0.3 is 0 Å². The van der Waals surface area contributed by atoms with E-state index in [4.69, 9.17) is 5.21 Å². The Hall–Kier alpha value is -2.02. The number of hydrogen-bond donors (Lipinski definition) is 3. The van der Waals surface area contributed by atoms with Crippen LogP contribution in [0.2, 0.25) is 0 Å². The summed E-state index contributed by atoms with van der Waals surface area (Å²) in [6.45, 7) is 3.97. The van der Waals surface area contributed by atoms with Gasteiger partial charge in [-0.15, -0.1) is 0 Å². The molecule has 6 nitrogen and oxygen atoms in total. The van der Waals surface area contributed by atoms with Gasteiger partial charge in [-0.25, -0.2) is 5.48 Å². The van der Waals surface area contributed by atoms with Gasteiger partial charge in [0, 0.05) is 11.3 Å². The van der Waals surface area contributed by atoms with Crippen molar-refractivity contribution in [2.45, 2.75) is 19.9 Å². The molecule has 0 aromatic heterocycles. The number of fused-ring (bicyclic) bond motifs is 1. The van der Waals surface area contributed by atoms with Crippen molar-refractivity contribution in [2.24, 2.45) is 5.92 Å². The highest BCUT2D eigenvalue weighted by molar-refractivity contribution is 6.25. The minimum atomic E-state index is -0.606. The van der Waals surface area contributed by atoms with Gasteiger partial charge in [0.05, 0.1) is 11.7 Å². The summed E-state index contributed by atoms with van der Waals surface area (Å²) in [5, 5.41) is 11.4. The average molecular weight is 261 g/mol. The van der Waals surface area contributed by atoms with Gasteiger partial charge in [-0.1, -0.05) is 13.8 Å². The van der Waals surface area contributed by atoms with Crippen molar-refractivity contribution in [3.8, 4) is 0 Å². The second-order valence-corrected chi connectivity index (χ2v) is 4.96. The maximum Gasteiger partial charge on any atom is 0.274 e. The molecule has 0 aliphatic carbocycles. The predicted molar refractivity (Wildman–Crippen MR) is 74.0 cm³/mol. The number of benzene rings is 1. The highest BCUT2D eigenvalue weighted by Gasteiger charge is 2.32. The summed E-state index contributed by atoms with van der Waals surface area (Å²) >= 11 is 0. The summed E-state index contributed by atoms with van der Waals surface area (Å²) in [5.41, 5.74) is 3.29. The van der Waals surface area contributed by atoms with Crippen molar-refractivity contribution in [1.29, 1.82) is 0 Å². The van der Waals surface area contributed by atoms with Gasteiger partial charge in [0.2, 0.25) is 13.9 Å². The van der Waals surface area contributed by atoms with Crippen molar-refractivity contribution >= 4 is 31.2 Å². The zero-order valence-electron chi connectivity index (χ0n) is 11.1. The molecular formula is C12H16BN3O3. The zero-order valence-corrected chi connectivity index (χ0v) is 11.1. The molecule has 0 saturated carbocycles. The van der Waals surface area contributed by atoms with Crippen molar-refractivity contribution in [2.75, 3.05) is 10.1 Å². The Kier molecular flexibility index (Phi) is 3.48. The van der Waals surface area contributed by atoms with Crippen molar-refractivity contribution in [3.63, 3.8) is 0 Å². The number of rotatable bonds is 2. The van der Waals surface area contributed by atoms with Crippen LogP contribution in [0.4, 0.5) is 11.4 Å². The first-order valence-corrected chi connectivity index (χ1v) is 6.08. The normalized spacial score (nSPS) is 18.0. The van der Waals surface area contributed by atoms with Gasteiger partial charge in [0.25, 0.3) is 5.91 Å². The van der Waals surface area contributed by atoms with Crippen LogP contribution in [0.1, 0.15) is 24.2 Å². The highest BCUT2D eigenvalue weighted by atomic mass is 16.5. The number of anilines is 2. The Bertz CT molecular complexity index is 533. The fourth-order valence-electron chi connectivity index (χ4n) is 2.43. The number of amides is 2. The molecule has 0 saturated heterocycles. The minimum Gasteiger partial charge on any atom is -0.410 e. The molecule has 2 amide bonds. The lowest BCUT2D eigenvalue weighted by Crippen LogP contribution is -2.49. The number of carbonyl (C=O) groups is 2. The van der Waals surface area contributed by atoms with Gasteiger partial charge < -0.3 is 10.1 Å². The van der Waals surface area contributed by atoms with Gasteiger partial charge in [-0.2, -0.15) is 0 Å². The van der Waals surface area contributed by atoms with Crippen LogP contribution >= 0.6 is 0 Å². The second-order valence-electron chi connectivity index (χ2n) is 4.96. The molecule has 1 aliphatic rings. The summed E-state index contributed by atoms with van der Waals surface area (Å²) in [6, 6.07) is 4.68. The van der Waals surface area contributed by atoms with Crippen LogP contribution in [0.5, 0.6) is 0 Å². The molecule has 2 rings (SSSR count). The van der Waals surface area contributed by atoms with Crippen LogP contribution in [0.25, 0.3) is 0 Å². The quantitative estimate of drug-likeness (QED) is 0.401. The molecule has 19 heavy (non-hydrogen) atoms. The van der Waals surface area contributed by atoms with Gasteiger partial charge in [0.15, 0.2) is 0 Å². The monoisotopic (exact) mass is 261 g/mol. The molecule has 7 heteroatoms. The number of nitrogens with zero attached hydrogens (tertiary/aromatic N) is 1. The third-order valence-corrected chi connectivity index (χ3v) is 3.32. The Morgan fingerprint density at radius 2 is 2.21 bits per heavy atom. The minimum absolute atomic E-state index is 0.0912. The molecular weight excluding hydrogens is 245 g/mol. The van der Waals surface area contributed by atoms with E-state index in [1.165, 1.54) is 0 Å². The number of hydrogen-bond acceptors (Lipinski definition) is 4. The van der Waals surface area contributed by atoms with E-state index in [0.717, 1.165) is 5.69 Å². The molecule has 1 atom stereocenters. The van der Waals surface area contributed by atoms with E-state index >= 15 is 0 Å². The van der Waals surface area contributed by atoms with Gasteiger partial charge in [-0.05, 0) is 24.1 Å². The SMILES string of the molecule is BN1c2ccc(C(=O)NO)cc2NC(=O)[C@@H]1C(C)C. The van der Waals surface area contributed by atoms with Crippen molar-refractivity contribution in [1.82, 2.24) is 5.48 Å². The summed E-state index contributed by atoms with van der Waals surface area (Å²) in [4.78, 5) is 25.3. The molecule has 0 unspecified atom stereocenters. The van der Waals surface area contributed by atoms with Gasteiger partial charge in [-0.3, -0.25) is 14.8 Å². The Balaban J connectivity index is 2.41. The number of carbonyl (C=O) groups excluding carboxylic acids is 2. The highest BCUT2D eigenvalue weighted by Crippen LogP contribution is 2.33. The third kappa shape index (κ3) is 2.29. The second kappa shape index (κ2) is 4.93. The van der Waals surface area contributed by atoms with E-state index in [9.17, 15) is 9.59 Å². The third-order valence-electron chi connectivity index (χ3n) is 3.32. The molecule has 1 heterocycles. The summed E-state index contributed by atoms with van der Waals surface area (Å²) in [7, 11) is 1.86. The number of hydroxylamine groups is 1. The van der Waals surface area contributed by atoms with Crippen LogP contribution in [0.15, 0.2) is 18.2 Å². The van der Waals surface area contributed by atoms with E-state index < -0.39 is 5.91 Å². The van der Waals surface area contributed by atoms with E-state index in [-0.39, 0.29) is 23.4 Å². The van der Waals surface area contributed by atoms with Crippen LogP contribution in [0.3, 0.4) is 0 Å². The zero-order chi connectivity index (χ0) is 14.2. The fourth-order valence-corrected chi connectivity index (χ4v) is 2.43. The molecule has 3 N–H and O–H groups in total. The average Bonchev–Trinajstić information content (AvgIpc) is 2.36. The van der Waals surface area contributed by atoms with Crippen molar-refractivity contribution in [3.05, 3.63) is 23.8 Å². The van der Waals surface area contributed by atoms with Crippen LogP contribution in [-0.2, 0) is 4.79 Å². The summed E-state index contributed by atoms with van der Waals surface area (Å²) in [6.07, 6.45) is 0. The molecule has 100 valence electrons. The van der Waals surface area contributed by atoms with E-state index in [1.54, 1.807) is 23.7 Å². The first kappa shape index (κ1) is 13.4. The largest absolute Gasteiger partial charge is 0.410 e. The van der Waals surface area contributed by atoms with E-state index in [1.807, 2.05) is 26.6 Å². The van der Waals surface area contributed by atoms with E-state index in [0.29, 0.717) is 5.69 Å². The van der Waals surface area contributed by atoms with Crippen LogP contribution in [0, 0.1) is 5.92 Å². The van der Waals surface area contributed by atoms with Gasteiger partial charge in [0.1, 0.15) is 0 Å². The Labute approximate surface area is 112 Å². The lowest BCUT2D eigenvalue weighted by Gasteiger charge is -2.38. The summed E-state index contributed by atoms with van der Waals surface area (Å²) < 4.78 is 0. The molecule has 0 bridgehead atoms. The maximum atomic E-state index is 12.1. The smallest absolute Gasteiger partial charge is 0.274 e. The number of nitrogens with one attached hydrogen (secondary N) is 2. The van der Waals surface area contributed by atoms with Crippen LogP contribution in [-0.4, -0.2) is 31.0 Å². The molecule has 0 spiro atoms. The lowest BCUT2D eigenvalue weighted by atomic mass is 9.94. The molecule has 1 aromatic rings. The maximum absolute atomic E-state index is 12.1. The van der Waals surface area contributed by atoms with E-state index in [2.05, 4.69) is 5.32 Å². The molecule has 1 aromatic carbocycles. The first-order valence-electron chi connectivity index (χ1n) is 6.08. The van der Waals surface area contributed by atoms with Crippen molar-refractivity contribution < 1.29 is 14.8 Å².